The first-order chi connectivity index (χ1) is 13.6. The van der Waals surface area contributed by atoms with E-state index in [1.807, 2.05) is 60.7 Å². The Morgan fingerprint density at radius 1 is 1.04 bits per heavy atom. The molecule has 2 aromatic heterocycles. The van der Waals surface area contributed by atoms with E-state index in [1.54, 1.807) is 0 Å². The van der Waals surface area contributed by atoms with Gasteiger partial charge in [-0.15, -0.1) is 0 Å². The number of rotatable bonds is 2. The summed E-state index contributed by atoms with van der Waals surface area (Å²) in [6.07, 6.45) is 1.06. The van der Waals surface area contributed by atoms with Gasteiger partial charge in [-0.25, -0.2) is 4.98 Å². The SMILES string of the molecule is Nc1c2c(nc3oc(-c4ccccc4)cc13)C[C@@H](c1ccc(Cl)cc1)CC2=O. The summed E-state index contributed by atoms with van der Waals surface area (Å²) in [7, 11) is 0. The van der Waals surface area contributed by atoms with Gasteiger partial charge in [-0.2, -0.15) is 0 Å². The van der Waals surface area contributed by atoms with Crippen LogP contribution in [0.1, 0.15) is 34.0 Å². The molecule has 2 aromatic carbocycles. The third kappa shape index (κ3) is 2.77. The summed E-state index contributed by atoms with van der Waals surface area (Å²) < 4.78 is 5.97. The largest absolute Gasteiger partial charge is 0.438 e. The first-order valence-electron chi connectivity index (χ1n) is 9.16. The number of carbonyl (C=O) groups is 1. The number of ketones is 1. The van der Waals surface area contributed by atoms with E-state index < -0.39 is 0 Å². The number of nitrogens with two attached hydrogens (primary N) is 1. The van der Waals surface area contributed by atoms with Crippen molar-refractivity contribution in [1.82, 2.24) is 4.98 Å². The molecule has 4 aromatic rings. The minimum atomic E-state index is 0.0237. The van der Waals surface area contributed by atoms with Crippen molar-refractivity contribution in [2.75, 3.05) is 5.73 Å². The second kappa shape index (κ2) is 6.50. The molecule has 0 radical (unpaired) electrons. The molecular weight excluding hydrogens is 372 g/mol. The molecule has 0 spiro atoms. The van der Waals surface area contributed by atoms with Gasteiger partial charge in [0, 0.05) is 17.0 Å². The highest BCUT2D eigenvalue weighted by Crippen LogP contribution is 2.39. The minimum Gasteiger partial charge on any atom is -0.438 e. The molecule has 5 heteroatoms. The molecule has 1 atom stereocenters. The van der Waals surface area contributed by atoms with Crippen LogP contribution in [-0.4, -0.2) is 10.8 Å². The number of Topliss-reactive ketones (excluding diaryl/α,β-unsaturated/α-hetero) is 1. The number of furan rings is 1. The van der Waals surface area contributed by atoms with E-state index >= 15 is 0 Å². The average molecular weight is 389 g/mol. The van der Waals surface area contributed by atoms with Crippen LogP contribution in [0, 0.1) is 0 Å². The Morgan fingerprint density at radius 2 is 1.79 bits per heavy atom. The molecule has 0 bridgehead atoms. The topological polar surface area (TPSA) is 69.1 Å². The quantitative estimate of drug-likeness (QED) is 0.482. The fourth-order valence-corrected chi connectivity index (χ4v) is 4.06. The van der Waals surface area contributed by atoms with Gasteiger partial charge in [0.15, 0.2) is 5.78 Å². The second-order valence-corrected chi connectivity index (χ2v) is 7.56. The van der Waals surface area contributed by atoms with Gasteiger partial charge in [-0.05, 0) is 36.1 Å². The van der Waals surface area contributed by atoms with Crippen LogP contribution in [-0.2, 0) is 6.42 Å². The third-order valence-electron chi connectivity index (χ3n) is 5.35. The standard InChI is InChI=1S/C23H17ClN2O2/c24-16-8-6-13(7-9-16)15-10-18-21(19(27)11-15)22(25)17-12-20(28-23(17)26-18)14-4-2-1-3-5-14/h1-9,12,15H,10-11H2,(H2,25,26)/t15-/m1/s1. The lowest BCUT2D eigenvalue weighted by Gasteiger charge is -2.24. The summed E-state index contributed by atoms with van der Waals surface area (Å²) in [5.41, 5.74) is 10.6. The van der Waals surface area contributed by atoms with Crippen molar-refractivity contribution in [3.05, 3.63) is 82.5 Å². The predicted molar refractivity (Wildman–Crippen MR) is 111 cm³/mol. The second-order valence-electron chi connectivity index (χ2n) is 7.12. The summed E-state index contributed by atoms with van der Waals surface area (Å²) in [5.74, 6) is 0.777. The molecule has 0 fully saturated rings. The number of benzene rings is 2. The van der Waals surface area contributed by atoms with Gasteiger partial charge < -0.3 is 10.2 Å². The van der Waals surface area contributed by atoms with E-state index in [4.69, 9.17) is 21.8 Å². The Morgan fingerprint density at radius 3 is 2.54 bits per heavy atom. The zero-order valence-corrected chi connectivity index (χ0v) is 15.7. The van der Waals surface area contributed by atoms with Crippen molar-refractivity contribution in [2.45, 2.75) is 18.8 Å². The smallest absolute Gasteiger partial charge is 0.229 e. The van der Waals surface area contributed by atoms with Gasteiger partial charge in [0.25, 0.3) is 0 Å². The number of hydrogen-bond donors (Lipinski definition) is 1. The van der Waals surface area contributed by atoms with E-state index in [0.717, 1.165) is 11.1 Å². The highest BCUT2D eigenvalue weighted by molar-refractivity contribution is 6.30. The van der Waals surface area contributed by atoms with Crippen LogP contribution in [0.25, 0.3) is 22.4 Å². The molecule has 0 aliphatic heterocycles. The third-order valence-corrected chi connectivity index (χ3v) is 5.60. The number of halogens is 1. The Kier molecular flexibility index (Phi) is 3.95. The highest BCUT2D eigenvalue weighted by Gasteiger charge is 2.31. The number of nitrogen functional groups attached to an aromatic ring is 1. The van der Waals surface area contributed by atoms with Crippen LogP contribution in [0.15, 0.2) is 65.1 Å². The molecule has 0 unspecified atom stereocenters. The van der Waals surface area contributed by atoms with E-state index in [-0.39, 0.29) is 11.7 Å². The van der Waals surface area contributed by atoms with Crippen molar-refractivity contribution in [3.8, 4) is 11.3 Å². The molecule has 5 rings (SSSR count). The Hall–Kier alpha value is -3.11. The van der Waals surface area contributed by atoms with Gasteiger partial charge in [0.2, 0.25) is 5.71 Å². The predicted octanol–water partition coefficient (Wildman–Crippen LogP) is 5.64. The van der Waals surface area contributed by atoms with Crippen molar-refractivity contribution in [1.29, 1.82) is 0 Å². The average Bonchev–Trinajstić information content (AvgIpc) is 3.13. The summed E-state index contributed by atoms with van der Waals surface area (Å²) >= 11 is 5.99. The van der Waals surface area contributed by atoms with Gasteiger partial charge >= 0.3 is 0 Å². The van der Waals surface area contributed by atoms with Gasteiger partial charge in [-0.1, -0.05) is 54.1 Å². The van der Waals surface area contributed by atoms with Crippen LogP contribution in [0.5, 0.6) is 0 Å². The van der Waals surface area contributed by atoms with Gasteiger partial charge in [-0.3, -0.25) is 4.79 Å². The summed E-state index contributed by atoms with van der Waals surface area (Å²) in [4.78, 5) is 17.6. The Labute approximate surface area is 166 Å². The number of carbonyl (C=O) groups excluding carboxylic acids is 1. The van der Waals surface area contributed by atoms with Crippen LogP contribution >= 0.6 is 11.6 Å². The molecule has 138 valence electrons. The first kappa shape index (κ1) is 17.0. The number of aromatic nitrogens is 1. The monoisotopic (exact) mass is 388 g/mol. The lowest BCUT2D eigenvalue weighted by Crippen LogP contribution is -2.21. The Balaban J connectivity index is 1.60. The normalized spacial score (nSPS) is 16.3. The van der Waals surface area contributed by atoms with Crippen LogP contribution in [0.2, 0.25) is 5.02 Å². The number of hydrogen-bond acceptors (Lipinski definition) is 4. The zero-order valence-electron chi connectivity index (χ0n) is 15.0. The fourth-order valence-electron chi connectivity index (χ4n) is 3.93. The molecule has 4 nitrogen and oxygen atoms in total. The molecule has 0 saturated carbocycles. The first-order valence-corrected chi connectivity index (χ1v) is 9.54. The number of pyridine rings is 1. The molecule has 2 heterocycles. The minimum absolute atomic E-state index is 0.0237. The maximum absolute atomic E-state index is 12.9. The zero-order chi connectivity index (χ0) is 19.3. The summed E-state index contributed by atoms with van der Waals surface area (Å²) in [5, 5.41) is 1.37. The number of fused-ring (bicyclic) bond motifs is 2. The molecule has 1 aliphatic rings. The van der Waals surface area contributed by atoms with E-state index in [2.05, 4.69) is 4.98 Å². The van der Waals surface area contributed by atoms with E-state index in [9.17, 15) is 4.79 Å². The maximum atomic E-state index is 12.9. The van der Waals surface area contributed by atoms with Crippen LogP contribution < -0.4 is 5.73 Å². The van der Waals surface area contributed by atoms with Crippen LogP contribution in [0.3, 0.4) is 0 Å². The molecule has 1 aliphatic carbocycles. The molecule has 0 saturated heterocycles. The lowest BCUT2D eigenvalue weighted by atomic mass is 9.81. The number of nitrogens with zero attached hydrogens (tertiary/aromatic N) is 1. The fraction of sp³-hybridized carbons (Fsp3) is 0.130. The van der Waals surface area contributed by atoms with Crippen molar-refractivity contribution >= 4 is 34.2 Å². The molecular formula is C23H17ClN2O2. The van der Waals surface area contributed by atoms with E-state index in [1.165, 1.54) is 0 Å². The van der Waals surface area contributed by atoms with Crippen molar-refractivity contribution in [2.24, 2.45) is 0 Å². The van der Waals surface area contributed by atoms with Gasteiger partial charge in [0.05, 0.1) is 22.3 Å². The molecule has 0 amide bonds. The van der Waals surface area contributed by atoms with Crippen molar-refractivity contribution in [3.63, 3.8) is 0 Å². The number of anilines is 1. The molecule has 28 heavy (non-hydrogen) atoms. The maximum Gasteiger partial charge on any atom is 0.229 e. The van der Waals surface area contributed by atoms with E-state index in [0.29, 0.717) is 51.7 Å². The van der Waals surface area contributed by atoms with Gasteiger partial charge in [0.1, 0.15) is 5.76 Å². The Bertz CT molecular complexity index is 1200. The summed E-state index contributed by atoms with van der Waals surface area (Å²) in [6.45, 7) is 0. The lowest BCUT2D eigenvalue weighted by molar-refractivity contribution is 0.0964. The highest BCUT2D eigenvalue weighted by atomic mass is 35.5. The van der Waals surface area contributed by atoms with Crippen molar-refractivity contribution < 1.29 is 9.21 Å². The molecule has 2 N–H and O–H groups in total. The summed E-state index contributed by atoms with van der Waals surface area (Å²) in [6, 6.07) is 19.3. The van der Waals surface area contributed by atoms with Crippen LogP contribution in [0.4, 0.5) is 5.69 Å².